The van der Waals surface area contributed by atoms with Crippen LogP contribution in [0.3, 0.4) is 0 Å². The van der Waals surface area contributed by atoms with Crippen molar-refractivity contribution in [1.29, 1.82) is 0 Å². The Morgan fingerprint density at radius 3 is 2.94 bits per heavy atom. The summed E-state index contributed by atoms with van der Waals surface area (Å²) in [6.07, 6.45) is 2.02. The fourth-order valence-corrected chi connectivity index (χ4v) is 2.17. The highest BCUT2D eigenvalue weighted by molar-refractivity contribution is 7.07. The molecular formula is C13H14N2OS. The third kappa shape index (κ3) is 2.91. The number of amides is 1. The normalized spacial score (nSPS) is 10.2. The SMILES string of the molecule is CCCc1ccccc1NC(=O)c1cscn1. The van der Waals surface area contributed by atoms with Crippen LogP contribution in [-0.2, 0) is 6.42 Å². The molecule has 3 nitrogen and oxygen atoms in total. The molecule has 0 saturated carbocycles. The van der Waals surface area contributed by atoms with Crippen LogP contribution in [0, 0.1) is 0 Å². The number of aryl methyl sites for hydroxylation is 1. The van der Waals surface area contributed by atoms with Gasteiger partial charge in [-0.15, -0.1) is 11.3 Å². The summed E-state index contributed by atoms with van der Waals surface area (Å²) in [5, 5.41) is 4.65. The third-order valence-corrected chi connectivity index (χ3v) is 3.04. The molecule has 0 aliphatic rings. The highest BCUT2D eigenvalue weighted by Gasteiger charge is 2.09. The van der Waals surface area contributed by atoms with Crippen LogP contribution in [0.2, 0.25) is 0 Å². The van der Waals surface area contributed by atoms with Crippen molar-refractivity contribution in [3.63, 3.8) is 0 Å². The summed E-state index contributed by atoms with van der Waals surface area (Å²) < 4.78 is 0. The molecule has 1 aromatic carbocycles. The van der Waals surface area contributed by atoms with Gasteiger partial charge >= 0.3 is 0 Å². The van der Waals surface area contributed by atoms with Crippen LogP contribution in [0.4, 0.5) is 5.69 Å². The molecule has 2 aromatic rings. The number of nitrogens with zero attached hydrogens (tertiary/aromatic N) is 1. The topological polar surface area (TPSA) is 42.0 Å². The van der Waals surface area contributed by atoms with Crippen molar-refractivity contribution in [2.45, 2.75) is 19.8 Å². The molecule has 0 unspecified atom stereocenters. The second kappa shape index (κ2) is 5.59. The lowest BCUT2D eigenvalue weighted by Crippen LogP contribution is -2.13. The van der Waals surface area contributed by atoms with Gasteiger partial charge in [-0.05, 0) is 18.1 Å². The number of aromatic nitrogens is 1. The summed E-state index contributed by atoms with van der Waals surface area (Å²) >= 11 is 1.42. The van der Waals surface area contributed by atoms with E-state index < -0.39 is 0 Å². The lowest BCUT2D eigenvalue weighted by atomic mass is 10.1. The monoisotopic (exact) mass is 246 g/mol. The standard InChI is InChI=1S/C13H14N2OS/c1-2-5-10-6-3-4-7-11(10)15-13(16)12-8-17-9-14-12/h3-4,6-9H,2,5H2,1H3,(H,15,16). The minimum atomic E-state index is -0.144. The molecule has 0 saturated heterocycles. The van der Waals surface area contributed by atoms with E-state index in [4.69, 9.17) is 0 Å². The van der Waals surface area contributed by atoms with Crippen molar-refractivity contribution in [1.82, 2.24) is 4.98 Å². The van der Waals surface area contributed by atoms with Gasteiger partial charge in [-0.1, -0.05) is 31.5 Å². The summed E-state index contributed by atoms with van der Waals surface area (Å²) in [5.41, 5.74) is 4.18. The average Bonchev–Trinajstić information content (AvgIpc) is 2.85. The minimum Gasteiger partial charge on any atom is -0.320 e. The molecule has 88 valence electrons. The van der Waals surface area contributed by atoms with Crippen LogP contribution in [-0.4, -0.2) is 10.9 Å². The van der Waals surface area contributed by atoms with Gasteiger partial charge in [0.1, 0.15) is 5.69 Å². The van der Waals surface area contributed by atoms with Crippen molar-refractivity contribution in [3.8, 4) is 0 Å². The summed E-state index contributed by atoms with van der Waals surface area (Å²) in [4.78, 5) is 15.9. The Balaban J connectivity index is 2.15. The zero-order chi connectivity index (χ0) is 12.1. The van der Waals surface area contributed by atoms with Gasteiger partial charge in [0.25, 0.3) is 5.91 Å². The van der Waals surface area contributed by atoms with E-state index in [1.54, 1.807) is 10.9 Å². The van der Waals surface area contributed by atoms with E-state index in [0.717, 1.165) is 18.5 Å². The Hall–Kier alpha value is -1.68. The van der Waals surface area contributed by atoms with Crippen molar-refractivity contribution in [2.75, 3.05) is 5.32 Å². The second-order valence-electron chi connectivity index (χ2n) is 3.73. The highest BCUT2D eigenvalue weighted by atomic mass is 32.1. The van der Waals surface area contributed by atoms with Crippen LogP contribution in [0.15, 0.2) is 35.2 Å². The quantitative estimate of drug-likeness (QED) is 0.899. The number of benzene rings is 1. The summed E-state index contributed by atoms with van der Waals surface area (Å²) in [6.45, 7) is 2.12. The van der Waals surface area contributed by atoms with Gasteiger partial charge in [-0.3, -0.25) is 4.79 Å². The van der Waals surface area contributed by atoms with Crippen LogP contribution in [0.5, 0.6) is 0 Å². The molecule has 0 bridgehead atoms. The molecule has 0 spiro atoms. The molecule has 0 aliphatic carbocycles. The molecule has 0 fully saturated rings. The summed E-state index contributed by atoms with van der Waals surface area (Å²) in [6, 6.07) is 7.88. The number of nitrogens with one attached hydrogen (secondary N) is 1. The Bertz CT molecular complexity index is 494. The van der Waals surface area contributed by atoms with Crippen LogP contribution >= 0.6 is 11.3 Å². The molecule has 17 heavy (non-hydrogen) atoms. The molecule has 0 radical (unpaired) electrons. The number of carbonyl (C=O) groups excluding carboxylic acids is 1. The maximum absolute atomic E-state index is 11.9. The van der Waals surface area contributed by atoms with Gasteiger partial charge in [0.15, 0.2) is 0 Å². The van der Waals surface area contributed by atoms with Crippen molar-refractivity contribution in [2.24, 2.45) is 0 Å². The molecule has 1 heterocycles. The first kappa shape index (κ1) is 11.8. The van der Waals surface area contributed by atoms with E-state index in [1.165, 1.54) is 16.9 Å². The van der Waals surface area contributed by atoms with E-state index in [2.05, 4.69) is 17.2 Å². The number of anilines is 1. The molecule has 1 amide bonds. The van der Waals surface area contributed by atoms with Gasteiger partial charge in [0, 0.05) is 11.1 Å². The van der Waals surface area contributed by atoms with Crippen molar-refractivity contribution < 1.29 is 4.79 Å². The number of hydrogen-bond acceptors (Lipinski definition) is 3. The molecular weight excluding hydrogens is 232 g/mol. The van der Waals surface area contributed by atoms with E-state index in [-0.39, 0.29) is 5.91 Å². The van der Waals surface area contributed by atoms with Crippen molar-refractivity contribution >= 4 is 22.9 Å². The van der Waals surface area contributed by atoms with Crippen LogP contribution in [0.25, 0.3) is 0 Å². The Labute approximate surface area is 105 Å². The number of hydrogen-bond donors (Lipinski definition) is 1. The lowest BCUT2D eigenvalue weighted by Gasteiger charge is -2.09. The third-order valence-electron chi connectivity index (χ3n) is 2.45. The van der Waals surface area contributed by atoms with E-state index >= 15 is 0 Å². The van der Waals surface area contributed by atoms with E-state index in [1.807, 2.05) is 24.3 Å². The fourth-order valence-electron chi connectivity index (χ4n) is 1.64. The first-order chi connectivity index (χ1) is 8.31. The maximum atomic E-state index is 11.9. The average molecular weight is 246 g/mol. The zero-order valence-corrected chi connectivity index (χ0v) is 10.5. The zero-order valence-electron chi connectivity index (χ0n) is 9.64. The van der Waals surface area contributed by atoms with Gasteiger partial charge in [0.05, 0.1) is 5.51 Å². The van der Waals surface area contributed by atoms with Gasteiger partial charge < -0.3 is 5.32 Å². The molecule has 4 heteroatoms. The maximum Gasteiger partial charge on any atom is 0.275 e. The molecule has 1 aromatic heterocycles. The minimum absolute atomic E-state index is 0.144. The number of para-hydroxylation sites is 1. The Morgan fingerprint density at radius 1 is 1.41 bits per heavy atom. The Morgan fingerprint density at radius 2 is 2.24 bits per heavy atom. The van der Waals surface area contributed by atoms with Crippen LogP contribution < -0.4 is 5.32 Å². The number of rotatable bonds is 4. The van der Waals surface area contributed by atoms with Gasteiger partial charge in [-0.25, -0.2) is 4.98 Å². The summed E-state index contributed by atoms with van der Waals surface area (Å²) in [5.74, 6) is -0.144. The highest BCUT2D eigenvalue weighted by Crippen LogP contribution is 2.17. The first-order valence-corrected chi connectivity index (χ1v) is 6.53. The van der Waals surface area contributed by atoms with Gasteiger partial charge in [0.2, 0.25) is 0 Å². The van der Waals surface area contributed by atoms with Gasteiger partial charge in [-0.2, -0.15) is 0 Å². The van der Waals surface area contributed by atoms with E-state index in [9.17, 15) is 4.79 Å². The molecule has 1 N–H and O–H groups in total. The number of carbonyl (C=O) groups is 1. The predicted octanol–water partition coefficient (Wildman–Crippen LogP) is 3.35. The van der Waals surface area contributed by atoms with Crippen LogP contribution in [0.1, 0.15) is 29.4 Å². The predicted molar refractivity (Wildman–Crippen MR) is 70.5 cm³/mol. The van der Waals surface area contributed by atoms with Crippen molar-refractivity contribution in [3.05, 3.63) is 46.4 Å². The Kier molecular flexibility index (Phi) is 3.88. The second-order valence-corrected chi connectivity index (χ2v) is 4.45. The summed E-state index contributed by atoms with van der Waals surface area (Å²) in [7, 11) is 0. The molecule has 0 atom stereocenters. The smallest absolute Gasteiger partial charge is 0.275 e. The first-order valence-electron chi connectivity index (χ1n) is 5.58. The lowest BCUT2D eigenvalue weighted by molar-refractivity contribution is 0.102. The van der Waals surface area contributed by atoms with E-state index in [0.29, 0.717) is 5.69 Å². The molecule has 0 aliphatic heterocycles. The fraction of sp³-hybridized carbons (Fsp3) is 0.231. The molecule has 2 rings (SSSR count). The largest absolute Gasteiger partial charge is 0.320 e. The number of thiazole rings is 1.